The van der Waals surface area contributed by atoms with Crippen molar-refractivity contribution in [1.82, 2.24) is 0 Å². The highest BCUT2D eigenvalue weighted by molar-refractivity contribution is 6.07. The summed E-state index contributed by atoms with van der Waals surface area (Å²) < 4.78 is 17.5. The van der Waals surface area contributed by atoms with E-state index in [2.05, 4.69) is 0 Å². The van der Waals surface area contributed by atoms with Crippen LogP contribution in [0.4, 0.5) is 0 Å². The molecule has 0 amide bonds. The predicted molar refractivity (Wildman–Crippen MR) is 118 cm³/mol. The van der Waals surface area contributed by atoms with Crippen LogP contribution in [0.2, 0.25) is 0 Å². The van der Waals surface area contributed by atoms with Gasteiger partial charge in [-0.25, -0.2) is 0 Å². The minimum atomic E-state index is -0.373. The topological polar surface area (TPSA) is 44.8 Å². The van der Waals surface area contributed by atoms with Crippen LogP contribution < -0.4 is 14.2 Å². The molecule has 2 aromatic rings. The third kappa shape index (κ3) is 7.65. The summed E-state index contributed by atoms with van der Waals surface area (Å²) in [6.45, 7) is 14.5. The maximum Gasteiger partial charge on any atom is 0.185 e. The number of allylic oxidation sites excluding steroid dienone is 1. The standard InChI is InChI=1S/C25H32O4/c1-8-27-20-13-9-18(10-14-20)22(26)16-12-19-11-15-21(28-24(2,3)4)17-23(19)29-25(5,6)7/h9-17H,8H2,1-7H3. The molecule has 2 rings (SSSR count). The number of carbonyl (C=O) groups is 1. The zero-order valence-electron chi connectivity index (χ0n) is 18.5. The lowest BCUT2D eigenvalue weighted by atomic mass is 10.1. The predicted octanol–water partition coefficient (Wildman–Crippen LogP) is 6.34. The first-order valence-electron chi connectivity index (χ1n) is 9.94. The fourth-order valence-corrected chi connectivity index (χ4v) is 2.63. The average molecular weight is 397 g/mol. The fraction of sp³-hybridized carbons (Fsp3) is 0.400. The molecule has 2 aromatic carbocycles. The average Bonchev–Trinajstić information content (AvgIpc) is 2.59. The summed E-state index contributed by atoms with van der Waals surface area (Å²) in [5, 5.41) is 0. The number of benzene rings is 2. The van der Waals surface area contributed by atoms with E-state index in [1.165, 1.54) is 0 Å². The van der Waals surface area contributed by atoms with E-state index in [1.54, 1.807) is 36.4 Å². The first-order chi connectivity index (χ1) is 13.5. The highest BCUT2D eigenvalue weighted by Crippen LogP contribution is 2.31. The Labute approximate surface area is 174 Å². The fourth-order valence-electron chi connectivity index (χ4n) is 2.63. The molecule has 0 spiro atoms. The maximum absolute atomic E-state index is 12.5. The van der Waals surface area contributed by atoms with Gasteiger partial charge in [0.15, 0.2) is 5.78 Å². The number of carbonyl (C=O) groups excluding carboxylic acids is 1. The van der Waals surface area contributed by atoms with Crippen molar-refractivity contribution in [2.45, 2.75) is 59.7 Å². The summed E-state index contributed by atoms with van der Waals surface area (Å²) in [5.41, 5.74) is 0.748. The van der Waals surface area contributed by atoms with Gasteiger partial charge in [0.2, 0.25) is 0 Å². The maximum atomic E-state index is 12.5. The highest BCUT2D eigenvalue weighted by Gasteiger charge is 2.17. The molecule has 0 saturated heterocycles. The largest absolute Gasteiger partial charge is 0.494 e. The van der Waals surface area contributed by atoms with Crippen molar-refractivity contribution in [2.75, 3.05) is 6.61 Å². The molecule has 0 aliphatic carbocycles. The van der Waals surface area contributed by atoms with Crippen LogP contribution in [-0.2, 0) is 0 Å². The molecule has 0 unspecified atom stereocenters. The first-order valence-corrected chi connectivity index (χ1v) is 9.94. The number of ketones is 1. The Morgan fingerprint density at radius 2 is 1.45 bits per heavy atom. The second-order valence-corrected chi connectivity index (χ2v) is 8.78. The summed E-state index contributed by atoms with van der Waals surface area (Å²) in [7, 11) is 0. The van der Waals surface area contributed by atoms with Crippen LogP contribution in [0.15, 0.2) is 48.5 Å². The van der Waals surface area contributed by atoms with Gasteiger partial charge in [0, 0.05) is 17.2 Å². The van der Waals surface area contributed by atoms with Crippen LogP contribution >= 0.6 is 0 Å². The van der Waals surface area contributed by atoms with Crippen molar-refractivity contribution >= 4 is 11.9 Å². The number of ether oxygens (including phenoxy) is 3. The normalized spacial score (nSPS) is 12.1. The highest BCUT2D eigenvalue weighted by atomic mass is 16.5. The van der Waals surface area contributed by atoms with Crippen LogP contribution in [0.1, 0.15) is 64.4 Å². The molecular formula is C25H32O4. The minimum Gasteiger partial charge on any atom is -0.494 e. The summed E-state index contributed by atoms with van der Waals surface area (Å²) in [4.78, 5) is 12.5. The molecule has 0 bridgehead atoms. The van der Waals surface area contributed by atoms with E-state index >= 15 is 0 Å². The summed E-state index contributed by atoms with van der Waals surface area (Å²) >= 11 is 0. The summed E-state index contributed by atoms with van der Waals surface area (Å²) in [5.74, 6) is 2.08. The Balaban J connectivity index is 2.25. The molecule has 0 heterocycles. The third-order valence-electron chi connectivity index (χ3n) is 3.69. The van der Waals surface area contributed by atoms with E-state index in [0.717, 1.165) is 17.1 Å². The van der Waals surface area contributed by atoms with Gasteiger partial charge in [-0.2, -0.15) is 0 Å². The zero-order valence-corrected chi connectivity index (χ0v) is 18.5. The van der Waals surface area contributed by atoms with E-state index < -0.39 is 0 Å². The molecule has 4 heteroatoms. The Kier molecular flexibility index (Phi) is 7.12. The van der Waals surface area contributed by atoms with Crippen molar-refractivity contribution in [3.05, 3.63) is 59.7 Å². The Bertz CT molecular complexity index is 850. The van der Waals surface area contributed by atoms with Gasteiger partial charge in [0.25, 0.3) is 0 Å². The molecular weight excluding hydrogens is 364 g/mol. The second kappa shape index (κ2) is 9.17. The van der Waals surface area contributed by atoms with Crippen molar-refractivity contribution in [3.63, 3.8) is 0 Å². The number of hydrogen-bond donors (Lipinski definition) is 0. The van der Waals surface area contributed by atoms with E-state index in [1.807, 2.05) is 66.7 Å². The van der Waals surface area contributed by atoms with Crippen LogP contribution in [0.25, 0.3) is 6.08 Å². The first kappa shape index (κ1) is 22.5. The van der Waals surface area contributed by atoms with Gasteiger partial charge in [-0.15, -0.1) is 0 Å². The van der Waals surface area contributed by atoms with Gasteiger partial charge >= 0.3 is 0 Å². The lowest BCUT2D eigenvalue weighted by Gasteiger charge is -2.25. The lowest BCUT2D eigenvalue weighted by molar-refractivity contribution is 0.104. The SMILES string of the molecule is CCOc1ccc(C(=O)C=Cc2ccc(OC(C)(C)C)cc2OC(C)(C)C)cc1. The minimum absolute atomic E-state index is 0.0789. The monoisotopic (exact) mass is 396 g/mol. The van der Waals surface area contributed by atoms with Gasteiger partial charge < -0.3 is 14.2 Å². The van der Waals surface area contributed by atoms with Crippen LogP contribution in [0.5, 0.6) is 17.2 Å². The molecule has 29 heavy (non-hydrogen) atoms. The van der Waals surface area contributed by atoms with Crippen molar-refractivity contribution < 1.29 is 19.0 Å². The van der Waals surface area contributed by atoms with Crippen LogP contribution in [-0.4, -0.2) is 23.6 Å². The van der Waals surface area contributed by atoms with Crippen molar-refractivity contribution in [3.8, 4) is 17.2 Å². The second-order valence-electron chi connectivity index (χ2n) is 8.78. The molecule has 156 valence electrons. The smallest absolute Gasteiger partial charge is 0.185 e. The third-order valence-corrected chi connectivity index (χ3v) is 3.69. The van der Waals surface area contributed by atoms with Gasteiger partial charge in [-0.05, 0) is 97.0 Å². The van der Waals surface area contributed by atoms with E-state index in [9.17, 15) is 4.79 Å². The molecule has 0 aromatic heterocycles. The number of hydrogen-bond acceptors (Lipinski definition) is 4. The Hall–Kier alpha value is -2.75. The molecule has 0 N–H and O–H groups in total. The van der Waals surface area contributed by atoms with Crippen molar-refractivity contribution in [2.24, 2.45) is 0 Å². The van der Waals surface area contributed by atoms with Gasteiger partial charge in [0.1, 0.15) is 28.5 Å². The molecule has 0 saturated carbocycles. The quantitative estimate of drug-likeness (QED) is 0.405. The lowest BCUT2D eigenvalue weighted by Crippen LogP contribution is -2.24. The van der Waals surface area contributed by atoms with Crippen LogP contribution in [0, 0.1) is 0 Å². The van der Waals surface area contributed by atoms with E-state index in [4.69, 9.17) is 14.2 Å². The summed E-state index contributed by atoms with van der Waals surface area (Å²) in [6, 6.07) is 12.8. The van der Waals surface area contributed by atoms with Gasteiger partial charge in [0.05, 0.1) is 6.61 Å². The molecule has 4 nitrogen and oxygen atoms in total. The van der Waals surface area contributed by atoms with Crippen LogP contribution in [0.3, 0.4) is 0 Å². The molecule has 0 fully saturated rings. The number of rotatable bonds is 7. The molecule has 0 radical (unpaired) electrons. The summed E-state index contributed by atoms with van der Waals surface area (Å²) in [6.07, 6.45) is 3.34. The molecule has 0 aliphatic rings. The van der Waals surface area contributed by atoms with Crippen molar-refractivity contribution in [1.29, 1.82) is 0 Å². The molecule has 0 aliphatic heterocycles. The van der Waals surface area contributed by atoms with Gasteiger partial charge in [-0.1, -0.05) is 0 Å². The van der Waals surface area contributed by atoms with E-state index in [-0.39, 0.29) is 17.0 Å². The Morgan fingerprint density at radius 3 is 2.00 bits per heavy atom. The van der Waals surface area contributed by atoms with E-state index in [0.29, 0.717) is 17.9 Å². The van der Waals surface area contributed by atoms with Gasteiger partial charge in [-0.3, -0.25) is 4.79 Å². The Morgan fingerprint density at radius 1 is 0.862 bits per heavy atom. The molecule has 0 atom stereocenters. The zero-order chi connectivity index (χ0) is 21.7.